The van der Waals surface area contributed by atoms with Crippen LogP contribution in [-0.2, 0) is 4.79 Å². The minimum absolute atomic E-state index is 0.0786. The maximum atomic E-state index is 12.4. The highest BCUT2D eigenvalue weighted by Crippen LogP contribution is 2.44. The van der Waals surface area contributed by atoms with Gasteiger partial charge in [0.05, 0.1) is 10.6 Å². The van der Waals surface area contributed by atoms with Crippen LogP contribution in [0.1, 0.15) is 29.0 Å². The lowest BCUT2D eigenvalue weighted by molar-refractivity contribution is -0.385. The second kappa shape index (κ2) is 6.21. The zero-order valence-electron chi connectivity index (χ0n) is 14.0. The average Bonchev–Trinajstić information content (AvgIpc) is 2.62. The molecule has 26 heavy (non-hydrogen) atoms. The first-order valence-corrected chi connectivity index (χ1v) is 9.01. The fraction of sp³-hybridized carbons (Fsp3) is 0.150. The summed E-state index contributed by atoms with van der Waals surface area (Å²) in [5.41, 5.74) is 3.22. The van der Waals surface area contributed by atoms with Crippen LogP contribution in [0.25, 0.3) is 10.8 Å². The molecule has 0 aromatic heterocycles. The number of nitrogens with one attached hydrogen (secondary N) is 1. The number of hydrogen-bond donors (Lipinski definition) is 1. The number of hydrogen-bond acceptors (Lipinski definition) is 3. The van der Waals surface area contributed by atoms with Gasteiger partial charge in [-0.25, -0.2) is 0 Å². The predicted octanol–water partition coefficient (Wildman–Crippen LogP) is 5.29. The molecule has 0 saturated carbocycles. The van der Waals surface area contributed by atoms with E-state index in [4.69, 9.17) is 0 Å². The van der Waals surface area contributed by atoms with Crippen LogP contribution in [0.15, 0.2) is 53.0 Å². The van der Waals surface area contributed by atoms with Gasteiger partial charge >= 0.3 is 0 Å². The number of rotatable bonds is 2. The number of nitro groups is 1. The van der Waals surface area contributed by atoms with Gasteiger partial charge < -0.3 is 5.32 Å². The van der Waals surface area contributed by atoms with E-state index in [1.54, 1.807) is 19.1 Å². The molecule has 3 aromatic carbocycles. The second-order valence-corrected chi connectivity index (χ2v) is 7.33. The van der Waals surface area contributed by atoms with Crippen LogP contribution in [0.2, 0.25) is 0 Å². The van der Waals surface area contributed by atoms with Gasteiger partial charge in [-0.2, -0.15) is 0 Å². The normalized spacial score (nSPS) is 16.2. The molecule has 1 atom stereocenters. The lowest BCUT2D eigenvalue weighted by atomic mass is 9.83. The molecule has 6 heteroatoms. The van der Waals surface area contributed by atoms with Gasteiger partial charge in [0, 0.05) is 33.8 Å². The number of amides is 1. The molecule has 0 radical (unpaired) electrons. The summed E-state index contributed by atoms with van der Waals surface area (Å²) < 4.78 is 0.939. The molecule has 1 N–H and O–H groups in total. The van der Waals surface area contributed by atoms with Crippen LogP contribution in [0.5, 0.6) is 0 Å². The summed E-state index contributed by atoms with van der Waals surface area (Å²) >= 11 is 3.62. The molecule has 130 valence electrons. The molecule has 5 nitrogen and oxygen atoms in total. The summed E-state index contributed by atoms with van der Waals surface area (Å²) in [5.74, 6) is -0.308. The van der Waals surface area contributed by atoms with Gasteiger partial charge in [0.25, 0.3) is 5.69 Å². The van der Waals surface area contributed by atoms with Crippen molar-refractivity contribution in [3.05, 3.63) is 79.8 Å². The first kappa shape index (κ1) is 16.7. The van der Waals surface area contributed by atoms with Crippen molar-refractivity contribution in [2.24, 2.45) is 0 Å². The van der Waals surface area contributed by atoms with Gasteiger partial charge in [-0.3, -0.25) is 14.9 Å². The largest absolute Gasteiger partial charge is 0.325 e. The highest BCUT2D eigenvalue weighted by Gasteiger charge is 2.29. The Morgan fingerprint density at radius 3 is 2.62 bits per heavy atom. The van der Waals surface area contributed by atoms with E-state index in [1.807, 2.05) is 36.4 Å². The SMILES string of the molecule is Cc1ccc(C2CC(=O)Nc3c2cc(Br)c2ccccc32)cc1[N+](=O)[O-]. The Morgan fingerprint density at radius 1 is 1.15 bits per heavy atom. The molecule has 0 fully saturated rings. The van der Waals surface area contributed by atoms with Gasteiger partial charge in [0.2, 0.25) is 5.91 Å². The lowest BCUT2D eigenvalue weighted by Gasteiger charge is -2.28. The smallest absolute Gasteiger partial charge is 0.272 e. The van der Waals surface area contributed by atoms with E-state index >= 15 is 0 Å². The Bertz CT molecular complexity index is 1080. The molecule has 0 saturated heterocycles. The first-order valence-electron chi connectivity index (χ1n) is 8.21. The van der Waals surface area contributed by atoms with Crippen molar-refractivity contribution in [1.29, 1.82) is 0 Å². The number of benzene rings is 3. The highest BCUT2D eigenvalue weighted by molar-refractivity contribution is 9.10. The number of carbonyl (C=O) groups excluding carboxylic acids is 1. The summed E-state index contributed by atoms with van der Waals surface area (Å²) in [5, 5.41) is 16.3. The van der Waals surface area contributed by atoms with Crippen LogP contribution in [0.3, 0.4) is 0 Å². The van der Waals surface area contributed by atoms with Gasteiger partial charge in [-0.05, 0) is 29.5 Å². The molecule has 1 aliphatic heterocycles. The minimum atomic E-state index is -0.376. The fourth-order valence-electron chi connectivity index (χ4n) is 3.59. The lowest BCUT2D eigenvalue weighted by Crippen LogP contribution is -2.24. The van der Waals surface area contributed by atoms with Crippen LogP contribution >= 0.6 is 15.9 Å². The number of fused-ring (bicyclic) bond motifs is 3. The molecular weight excluding hydrogens is 396 g/mol. The van der Waals surface area contributed by atoms with Crippen LogP contribution < -0.4 is 5.32 Å². The molecule has 1 aliphatic rings. The van der Waals surface area contributed by atoms with E-state index in [9.17, 15) is 14.9 Å². The maximum Gasteiger partial charge on any atom is 0.272 e. The van der Waals surface area contributed by atoms with E-state index in [0.29, 0.717) is 5.56 Å². The van der Waals surface area contributed by atoms with E-state index < -0.39 is 0 Å². The van der Waals surface area contributed by atoms with E-state index in [1.165, 1.54) is 0 Å². The fourth-order valence-corrected chi connectivity index (χ4v) is 4.18. The molecule has 1 heterocycles. The number of aryl methyl sites for hydroxylation is 1. The Labute approximate surface area is 158 Å². The van der Waals surface area contributed by atoms with Crippen molar-refractivity contribution in [2.75, 3.05) is 5.32 Å². The molecule has 0 spiro atoms. The van der Waals surface area contributed by atoms with Crippen LogP contribution in [0, 0.1) is 17.0 Å². The van der Waals surface area contributed by atoms with E-state index in [0.717, 1.165) is 32.1 Å². The summed E-state index contributed by atoms with van der Waals surface area (Å²) in [6, 6.07) is 15.1. The van der Waals surface area contributed by atoms with Gasteiger partial charge in [0.15, 0.2) is 0 Å². The molecule has 0 bridgehead atoms. The first-order chi connectivity index (χ1) is 12.5. The third-order valence-electron chi connectivity index (χ3n) is 4.89. The van der Waals surface area contributed by atoms with Crippen molar-refractivity contribution in [2.45, 2.75) is 19.3 Å². The van der Waals surface area contributed by atoms with Crippen LogP contribution in [-0.4, -0.2) is 10.8 Å². The summed E-state index contributed by atoms with van der Waals surface area (Å²) in [6.45, 7) is 1.72. The standard InChI is InChI=1S/C20H15BrN2O3/c1-11-6-7-12(8-18(11)23(25)26)15-10-19(24)22-20-14-5-3-2-4-13(14)17(21)9-16(15)20/h2-9,15H,10H2,1H3,(H,22,24). The van der Waals surface area contributed by atoms with E-state index in [2.05, 4.69) is 21.2 Å². The van der Waals surface area contributed by atoms with Crippen molar-refractivity contribution in [1.82, 2.24) is 0 Å². The number of anilines is 1. The highest BCUT2D eigenvalue weighted by atomic mass is 79.9. The molecule has 1 amide bonds. The average molecular weight is 411 g/mol. The van der Waals surface area contributed by atoms with Crippen molar-refractivity contribution < 1.29 is 9.72 Å². The minimum Gasteiger partial charge on any atom is -0.325 e. The van der Waals surface area contributed by atoms with Crippen molar-refractivity contribution in [3.63, 3.8) is 0 Å². The number of carbonyl (C=O) groups is 1. The zero-order chi connectivity index (χ0) is 18.4. The van der Waals surface area contributed by atoms with E-state index in [-0.39, 0.29) is 28.9 Å². The van der Waals surface area contributed by atoms with Crippen LogP contribution in [0.4, 0.5) is 11.4 Å². The third-order valence-corrected chi connectivity index (χ3v) is 5.54. The van der Waals surface area contributed by atoms with Gasteiger partial charge in [-0.1, -0.05) is 52.3 Å². The predicted molar refractivity (Wildman–Crippen MR) is 105 cm³/mol. The van der Waals surface area contributed by atoms with Crippen molar-refractivity contribution in [3.8, 4) is 0 Å². The topological polar surface area (TPSA) is 72.2 Å². The number of nitro benzene ring substituents is 1. The molecular formula is C20H15BrN2O3. The Hall–Kier alpha value is -2.73. The third kappa shape index (κ3) is 2.66. The van der Waals surface area contributed by atoms with Gasteiger partial charge in [0.1, 0.15) is 0 Å². The van der Waals surface area contributed by atoms with Gasteiger partial charge in [-0.15, -0.1) is 0 Å². The summed E-state index contributed by atoms with van der Waals surface area (Å²) in [7, 11) is 0. The Kier molecular flexibility index (Phi) is 4.00. The Balaban J connectivity index is 1.95. The molecule has 1 unspecified atom stereocenters. The Morgan fingerprint density at radius 2 is 1.88 bits per heavy atom. The monoisotopic (exact) mass is 410 g/mol. The molecule has 4 rings (SSSR count). The quantitative estimate of drug-likeness (QED) is 0.460. The number of nitrogens with zero attached hydrogens (tertiary/aromatic N) is 1. The second-order valence-electron chi connectivity index (χ2n) is 6.48. The number of halogens is 1. The molecule has 0 aliphatic carbocycles. The van der Waals surface area contributed by atoms with Crippen molar-refractivity contribution >= 4 is 44.0 Å². The summed E-state index contributed by atoms with van der Waals surface area (Å²) in [6.07, 6.45) is 0.262. The maximum absolute atomic E-state index is 12.4. The molecule has 3 aromatic rings. The summed E-state index contributed by atoms with van der Waals surface area (Å²) in [4.78, 5) is 23.3. The zero-order valence-corrected chi connectivity index (χ0v) is 15.5.